The third-order valence-corrected chi connectivity index (χ3v) is 6.56. The van der Waals surface area contributed by atoms with E-state index in [1.165, 1.54) is 19.2 Å². The van der Waals surface area contributed by atoms with E-state index in [1.807, 2.05) is 38.2 Å². The molecule has 7 nitrogen and oxygen atoms in total. The van der Waals surface area contributed by atoms with E-state index >= 15 is 0 Å². The van der Waals surface area contributed by atoms with Gasteiger partial charge in [-0.2, -0.15) is 0 Å². The Hall–Kier alpha value is -2.42. The number of carbonyl (C=O) groups excluding carboxylic acids is 1. The fraction of sp³-hybridized carbons (Fsp3) is 0.381. The second-order valence-corrected chi connectivity index (χ2v) is 8.91. The van der Waals surface area contributed by atoms with Crippen LogP contribution in [0.3, 0.4) is 0 Å². The maximum absolute atomic E-state index is 13.3. The molecule has 29 heavy (non-hydrogen) atoms. The van der Waals surface area contributed by atoms with Crippen molar-refractivity contribution in [2.75, 3.05) is 45.3 Å². The minimum atomic E-state index is -3.71. The van der Waals surface area contributed by atoms with Gasteiger partial charge in [0.2, 0.25) is 10.0 Å². The molecule has 0 spiro atoms. The van der Waals surface area contributed by atoms with E-state index in [0.29, 0.717) is 25.2 Å². The van der Waals surface area contributed by atoms with Gasteiger partial charge in [0.1, 0.15) is 0 Å². The zero-order valence-electron chi connectivity index (χ0n) is 17.0. The Kier molecular flexibility index (Phi) is 6.56. The van der Waals surface area contributed by atoms with E-state index < -0.39 is 10.0 Å². The van der Waals surface area contributed by atoms with Crippen LogP contribution in [0, 0.1) is 6.92 Å². The highest BCUT2D eigenvalue weighted by atomic mass is 32.2. The van der Waals surface area contributed by atoms with Gasteiger partial charge >= 0.3 is 0 Å². The topological polar surface area (TPSA) is 78.9 Å². The molecule has 8 heteroatoms. The second kappa shape index (κ2) is 8.94. The van der Waals surface area contributed by atoms with Crippen molar-refractivity contribution in [2.45, 2.75) is 18.4 Å². The van der Waals surface area contributed by atoms with Crippen LogP contribution in [-0.4, -0.2) is 59.6 Å². The number of benzene rings is 2. The lowest BCUT2D eigenvalue weighted by atomic mass is 10.1. The van der Waals surface area contributed by atoms with Gasteiger partial charge in [-0.1, -0.05) is 24.3 Å². The standard InChI is InChI=1S/C21H27N3O4S/c1-16-8-9-18(29(26,27)22-10-13-28-3)14-19(16)21(25)24-12-11-23(2)20-7-5-4-6-17(20)15-24/h4-9,14,22H,10-13,15H2,1-3H3. The van der Waals surface area contributed by atoms with E-state index in [9.17, 15) is 13.2 Å². The number of anilines is 1. The molecule has 0 saturated heterocycles. The Labute approximate surface area is 172 Å². The summed E-state index contributed by atoms with van der Waals surface area (Å²) in [6, 6.07) is 12.7. The molecule has 0 saturated carbocycles. The molecule has 0 atom stereocenters. The fourth-order valence-corrected chi connectivity index (χ4v) is 4.44. The molecule has 1 heterocycles. The van der Waals surface area contributed by atoms with E-state index in [1.54, 1.807) is 11.0 Å². The first-order chi connectivity index (χ1) is 13.8. The number of likely N-dealkylation sites (N-methyl/N-ethyl adjacent to an activating group) is 1. The summed E-state index contributed by atoms with van der Waals surface area (Å²) < 4.78 is 32.4. The summed E-state index contributed by atoms with van der Waals surface area (Å²) in [5.41, 5.74) is 3.33. The van der Waals surface area contributed by atoms with Crippen LogP contribution in [0.1, 0.15) is 21.5 Å². The van der Waals surface area contributed by atoms with Crippen LogP contribution in [0.4, 0.5) is 5.69 Å². The van der Waals surface area contributed by atoms with Gasteiger partial charge < -0.3 is 14.5 Å². The number of amides is 1. The zero-order valence-corrected chi connectivity index (χ0v) is 17.8. The first-order valence-corrected chi connectivity index (χ1v) is 11.0. The molecule has 1 N–H and O–H groups in total. The summed E-state index contributed by atoms with van der Waals surface area (Å²) in [6.45, 7) is 4.02. The molecule has 0 aromatic heterocycles. The van der Waals surface area contributed by atoms with Gasteiger partial charge in [0.25, 0.3) is 5.91 Å². The molecule has 1 amide bonds. The number of carbonyl (C=O) groups is 1. The minimum Gasteiger partial charge on any atom is -0.383 e. The highest BCUT2D eigenvalue weighted by Crippen LogP contribution is 2.25. The molecule has 0 unspecified atom stereocenters. The number of hydrogen-bond acceptors (Lipinski definition) is 5. The van der Waals surface area contributed by atoms with Crippen molar-refractivity contribution in [2.24, 2.45) is 0 Å². The van der Waals surface area contributed by atoms with Crippen molar-refractivity contribution < 1.29 is 17.9 Å². The number of fused-ring (bicyclic) bond motifs is 1. The van der Waals surface area contributed by atoms with E-state index in [-0.39, 0.29) is 24.0 Å². The predicted octanol–water partition coefficient (Wildman–Crippen LogP) is 2.01. The molecule has 0 radical (unpaired) electrons. The van der Waals surface area contributed by atoms with Gasteiger partial charge in [0.05, 0.1) is 11.5 Å². The molecule has 3 rings (SSSR count). The van der Waals surface area contributed by atoms with Crippen LogP contribution in [0.25, 0.3) is 0 Å². The highest BCUT2D eigenvalue weighted by molar-refractivity contribution is 7.89. The Morgan fingerprint density at radius 3 is 2.69 bits per heavy atom. The van der Waals surface area contributed by atoms with Crippen LogP contribution in [0.15, 0.2) is 47.4 Å². The van der Waals surface area contributed by atoms with Crippen LogP contribution in [0.2, 0.25) is 0 Å². The Bertz CT molecular complexity index is 991. The SMILES string of the molecule is COCCNS(=O)(=O)c1ccc(C)c(C(=O)N2CCN(C)c3ccccc3C2)c1. The van der Waals surface area contributed by atoms with Gasteiger partial charge in [-0.15, -0.1) is 0 Å². The Morgan fingerprint density at radius 2 is 1.93 bits per heavy atom. The average molecular weight is 418 g/mol. The average Bonchev–Trinajstić information content (AvgIpc) is 2.87. The Morgan fingerprint density at radius 1 is 1.17 bits per heavy atom. The molecule has 1 aliphatic rings. The maximum Gasteiger partial charge on any atom is 0.254 e. The summed E-state index contributed by atoms with van der Waals surface area (Å²) in [5, 5.41) is 0. The predicted molar refractivity (Wildman–Crippen MR) is 113 cm³/mol. The summed E-state index contributed by atoms with van der Waals surface area (Å²) in [4.78, 5) is 17.3. The van der Waals surface area contributed by atoms with Gasteiger partial charge in [-0.25, -0.2) is 13.1 Å². The van der Waals surface area contributed by atoms with Gasteiger partial charge in [0.15, 0.2) is 0 Å². The molecule has 156 valence electrons. The number of sulfonamides is 1. The monoisotopic (exact) mass is 417 g/mol. The lowest BCUT2D eigenvalue weighted by Crippen LogP contribution is -2.35. The lowest BCUT2D eigenvalue weighted by molar-refractivity contribution is 0.0750. The molecule has 0 bridgehead atoms. The molecule has 2 aromatic carbocycles. The third-order valence-electron chi connectivity index (χ3n) is 5.10. The summed E-state index contributed by atoms with van der Waals surface area (Å²) in [7, 11) is -0.191. The fourth-order valence-electron chi connectivity index (χ4n) is 3.40. The van der Waals surface area contributed by atoms with E-state index in [0.717, 1.165) is 16.8 Å². The number of nitrogens with zero attached hydrogens (tertiary/aromatic N) is 2. The van der Waals surface area contributed by atoms with Crippen molar-refractivity contribution in [1.82, 2.24) is 9.62 Å². The molecule has 0 fully saturated rings. The van der Waals surface area contributed by atoms with Crippen LogP contribution < -0.4 is 9.62 Å². The van der Waals surface area contributed by atoms with Gasteiger partial charge in [-0.05, 0) is 36.2 Å². The Balaban J connectivity index is 1.88. The second-order valence-electron chi connectivity index (χ2n) is 7.14. The van der Waals surface area contributed by atoms with Gasteiger partial charge in [0, 0.05) is 51.6 Å². The number of para-hydroxylation sites is 1. The molecular weight excluding hydrogens is 390 g/mol. The summed E-state index contributed by atoms with van der Waals surface area (Å²) in [6.07, 6.45) is 0. The summed E-state index contributed by atoms with van der Waals surface area (Å²) >= 11 is 0. The number of hydrogen-bond donors (Lipinski definition) is 1. The number of methoxy groups -OCH3 is 1. The lowest BCUT2D eigenvalue weighted by Gasteiger charge is -2.22. The third kappa shape index (κ3) is 4.77. The number of nitrogens with one attached hydrogen (secondary N) is 1. The van der Waals surface area contributed by atoms with Crippen molar-refractivity contribution >= 4 is 21.6 Å². The molecule has 1 aliphatic heterocycles. The van der Waals surface area contributed by atoms with Gasteiger partial charge in [-0.3, -0.25) is 4.79 Å². The van der Waals surface area contributed by atoms with Crippen LogP contribution >= 0.6 is 0 Å². The summed E-state index contributed by atoms with van der Waals surface area (Å²) in [5.74, 6) is -0.165. The van der Waals surface area contributed by atoms with E-state index in [4.69, 9.17) is 4.74 Å². The first kappa shape index (κ1) is 21.3. The normalized spacial score (nSPS) is 14.4. The van der Waals surface area contributed by atoms with Crippen molar-refractivity contribution in [3.05, 3.63) is 59.2 Å². The van der Waals surface area contributed by atoms with Crippen molar-refractivity contribution in [3.63, 3.8) is 0 Å². The molecule has 2 aromatic rings. The van der Waals surface area contributed by atoms with Crippen molar-refractivity contribution in [1.29, 1.82) is 0 Å². The minimum absolute atomic E-state index is 0.0786. The molecular formula is C21H27N3O4S. The quantitative estimate of drug-likeness (QED) is 0.728. The maximum atomic E-state index is 13.3. The van der Waals surface area contributed by atoms with Crippen LogP contribution in [-0.2, 0) is 21.3 Å². The number of aryl methyl sites for hydroxylation is 1. The number of rotatable bonds is 6. The smallest absolute Gasteiger partial charge is 0.254 e. The largest absolute Gasteiger partial charge is 0.383 e. The van der Waals surface area contributed by atoms with E-state index in [2.05, 4.69) is 9.62 Å². The van der Waals surface area contributed by atoms with Crippen LogP contribution in [0.5, 0.6) is 0 Å². The number of ether oxygens (including phenoxy) is 1. The highest BCUT2D eigenvalue weighted by Gasteiger charge is 2.25. The first-order valence-electron chi connectivity index (χ1n) is 9.51. The zero-order chi connectivity index (χ0) is 21.0. The molecule has 0 aliphatic carbocycles. The van der Waals surface area contributed by atoms with Crippen molar-refractivity contribution in [3.8, 4) is 0 Å².